The molecule has 0 unspecified atom stereocenters. The number of fused-ring (bicyclic) bond motifs is 1. The highest BCUT2D eigenvalue weighted by Gasteiger charge is 2.52. The summed E-state index contributed by atoms with van der Waals surface area (Å²) in [4.78, 5) is 25.8. The summed E-state index contributed by atoms with van der Waals surface area (Å²) < 4.78 is 13.8. The minimum absolute atomic E-state index is 0.00651. The van der Waals surface area contributed by atoms with Gasteiger partial charge in [-0.15, -0.1) is 11.8 Å². The van der Waals surface area contributed by atoms with E-state index in [9.17, 15) is 14.0 Å². The molecule has 2 heterocycles. The third-order valence-corrected chi connectivity index (χ3v) is 5.64. The van der Waals surface area contributed by atoms with E-state index in [4.69, 9.17) is 0 Å². The molecule has 0 saturated carbocycles. The first-order chi connectivity index (χ1) is 9.90. The number of hydrogen-bond donors (Lipinski definition) is 1. The highest BCUT2D eigenvalue weighted by Crippen LogP contribution is 2.47. The van der Waals surface area contributed by atoms with Gasteiger partial charge in [0, 0.05) is 12.2 Å². The molecular weight excluding hydrogens is 291 g/mol. The van der Waals surface area contributed by atoms with Gasteiger partial charge in [0.2, 0.25) is 11.8 Å². The Balaban J connectivity index is 1.78. The molecule has 0 radical (unpaired) electrons. The minimum atomic E-state index is -0.518. The molecule has 3 rings (SSSR count). The summed E-state index contributed by atoms with van der Waals surface area (Å²) in [5.74, 6) is -0.206. The fourth-order valence-corrected chi connectivity index (χ4v) is 4.38. The molecule has 2 fully saturated rings. The van der Waals surface area contributed by atoms with Gasteiger partial charge in [-0.1, -0.05) is 6.07 Å². The van der Waals surface area contributed by atoms with Crippen LogP contribution in [0.5, 0.6) is 0 Å². The summed E-state index contributed by atoms with van der Waals surface area (Å²) >= 11 is 1.62. The smallest absolute Gasteiger partial charge is 0.248 e. The summed E-state index contributed by atoms with van der Waals surface area (Å²) in [6.07, 6.45) is 1.24. The predicted octanol–water partition coefficient (Wildman–Crippen LogP) is 2.53. The van der Waals surface area contributed by atoms with Crippen LogP contribution in [0.2, 0.25) is 0 Å². The molecule has 112 valence electrons. The lowest BCUT2D eigenvalue weighted by Gasteiger charge is -2.29. The first-order valence-electron chi connectivity index (χ1n) is 6.94. The molecule has 2 aliphatic rings. The van der Waals surface area contributed by atoms with Crippen molar-refractivity contribution in [3.05, 3.63) is 29.6 Å². The minimum Gasteiger partial charge on any atom is -0.322 e. The van der Waals surface area contributed by atoms with E-state index < -0.39 is 11.9 Å². The van der Waals surface area contributed by atoms with Crippen LogP contribution < -0.4 is 5.32 Å². The number of hydrogen-bond acceptors (Lipinski definition) is 3. The number of thioether (sulfide) groups is 1. The fourth-order valence-electron chi connectivity index (χ4n) is 2.95. The summed E-state index contributed by atoms with van der Waals surface area (Å²) in [5.41, 5.74) is 0.958. The highest BCUT2D eigenvalue weighted by molar-refractivity contribution is 8.01. The molecule has 2 amide bonds. The Bertz CT molecular complexity index is 622. The van der Waals surface area contributed by atoms with Crippen molar-refractivity contribution in [2.24, 2.45) is 0 Å². The molecule has 2 saturated heterocycles. The molecule has 0 aromatic heterocycles. The number of nitrogens with one attached hydrogen (secondary N) is 1. The Hall–Kier alpha value is -1.56. The van der Waals surface area contributed by atoms with E-state index in [1.54, 1.807) is 35.7 Å². The van der Waals surface area contributed by atoms with E-state index in [2.05, 4.69) is 5.32 Å². The van der Waals surface area contributed by atoms with Gasteiger partial charge in [0.15, 0.2) is 0 Å². The number of halogens is 1. The van der Waals surface area contributed by atoms with Crippen LogP contribution in [-0.4, -0.2) is 33.4 Å². The van der Waals surface area contributed by atoms with Crippen LogP contribution >= 0.6 is 11.8 Å². The van der Waals surface area contributed by atoms with Crippen LogP contribution in [0.1, 0.15) is 25.3 Å². The number of aryl methyl sites for hydroxylation is 1. The molecule has 0 bridgehead atoms. The Labute approximate surface area is 127 Å². The predicted molar refractivity (Wildman–Crippen MR) is 80.5 cm³/mol. The van der Waals surface area contributed by atoms with E-state index in [-0.39, 0.29) is 22.4 Å². The van der Waals surface area contributed by atoms with Crippen LogP contribution in [0.4, 0.5) is 10.1 Å². The van der Waals surface area contributed by atoms with Gasteiger partial charge in [-0.05, 0) is 38.0 Å². The molecule has 6 heteroatoms. The third kappa shape index (κ3) is 2.41. The van der Waals surface area contributed by atoms with Crippen LogP contribution in [0.25, 0.3) is 0 Å². The molecule has 0 spiro atoms. The Kier molecular flexibility index (Phi) is 3.43. The van der Waals surface area contributed by atoms with Crippen molar-refractivity contribution in [2.45, 2.75) is 37.6 Å². The number of benzene rings is 1. The van der Waals surface area contributed by atoms with Crippen LogP contribution in [0, 0.1) is 12.7 Å². The van der Waals surface area contributed by atoms with E-state index in [1.165, 1.54) is 6.07 Å². The summed E-state index contributed by atoms with van der Waals surface area (Å²) in [7, 11) is 0. The van der Waals surface area contributed by atoms with Crippen molar-refractivity contribution >= 4 is 29.3 Å². The van der Waals surface area contributed by atoms with Crippen molar-refractivity contribution in [3.8, 4) is 0 Å². The Morgan fingerprint density at radius 3 is 3.00 bits per heavy atom. The number of nitrogens with zero attached hydrogens (tertiary/aromatic N) is 1. The highest BCUT2D eigenvalue weighted by atomic mass is 32.2. The van der Waals surface area contributed by atoms with Gasteiger partial charge in [-0.3, -0.25) is 9.59 Å². The summed E-state index contributed by atoms with van der Waals surface area (Å²) in [5, 5.41) is 2.61. The van der Waals surface area contributed by atoms with Gasteiger partial charge in [-0.25, -0.2) is 4.39 Å². The zero-order chi connectivity index (χ0) is 15.2. The first kappa shape index (κ1) is 14.4. The maximum absolute atomic E-state index is 13.8. The number of carbonyl (C=O) groups is 2. The number of amides is 2. The van der Waals surface area contributed by atoms with E-state index in [0.717, 1.165) is 12.0 Å². The molecule has 1 aromatic carbocycles. The largest absolute Gasteiger partial charge is 0.322 e. The maximum Gasteiger partial charge on any atom is 0.248 e. The zero-order valence-corrected chi connectivity index (χ0v) is 12.8. The van der Waals surface area contributed by atoms with E-state index >= 15 is 0 Å². The zero-order valence-electron chi connectivity index (χ0n) is 12.0. The van der Waals surface area contributed by atoms with Gasteiger partial charge in [0.05, 0.1) is 10.6 Å². The normalized spacial score (nSPS) is 27.9. The SMILES string of the molecule is Cc1ccc(NC(=O)[C@@H]2CS[C@@]3(C)CCC(=O)N23)c(F)c1. The lowest BCUT2D eigenvalue weighted by molar-refractivity contribution is -0.135. The molecule has 0 aliphatic carbocycles. The van der Waals surface area contributed by atoms with Crippen LogP contribution in [-0.2, 0) is 9.59 Å². The van der Waals surface area contributed by atoms with Crippen molar-refractivity contribution in [3.63, 3.8) is 0 Å². The van der Waals surface area contributed by atoms with Gasteiger partial charge in [0.25, 0.3) is 0 Å². The van der Waals surface area contributed by atoms with E-state index in [0.29, 0.717) is 12.2 Å². The maximum atomic E-state index is 13.8. The molecule has 2 aliphatic heterocycles. The molecule has 4 nitrogen and oxygen atoms in total. The number of anilines is 1. The quantitative estimate of drug-likeness (QED) is 0.913. The Morgan fingerprint density at radius 1 is 1.52 bits per heavy atom. The van der Waals surface area contributed by atoms with Gasteiger partial charge in [0.1, 0.15) is 11.9 Å². The molecule has 1 aromatic rings. The van der Waals surface area contributed by atoms with Crippen molar-refractivity contribution in [2.75, 3.05) is 11.1 Å². The standard InChI is InChI=1S/C15H17FN2O2S/c1-9-3-4-11(10(16)7-9)17-14(20)12-8-21-15(2)6-5-13(19)18(12)15/h3-4,7,12H,5-6,8H2,1-2H3,(H,17,20)/t12-,15-/m0/s1. The molecule has 2 atom stereocenters. The van der Waals surface area contributed by atoms with Gasteiger partial charge >= 0.3 is 0 Å². The lowest BCUT2D eigenvalue weighted by atomic mass is 10.2. The molecule has 21 heavy (non-hydrogen) atoms. The summed E-state index contributed by atoms with van der Waals surface area (Å²) in [6.45, 7) is 3.78. The second-order valence-electron chi connectivity index (χ2n) is 5.74. The topological polar surface area (TPSA) is 49.4 Å². The van der Waals surface area contributed by atoms with Crippen LogP contribution in [0.3, 0.4) is 0 Å². The van der Waals surface area contributed by atoms with Gasteiger partial charge < -0.3 is 10.2 Å². The fraction of sp³-hybridized carbons (Fsp3) is 0.467. The average molecular weight is 308 g/mol. The van der Waals surface area contributed by atoms with Crippen molar-refractivity contribution < 1.29 is 14.0 Å². The summed E-state index contributed by atoms with van der Waals surface area (Å²) in [6, 6.07) is 4.16. The molecular formula is C15H17FN2O2S. The van der Waals surface area contributed by atoms with Crippen molar-refractivity contribution in [1.29, 1.82) is 0 Å². The third-order valence-electron chi connectivity index (χ3n) is 4.13. The van der Waals surface area contributed by atoms with Crippen molar-refractivity contribution in [1.82, 2.24) is 4.90 Å². The monoisotopic (exact) mass is 308 g/mol. The average Bonchev–Trinajstić information content (AvgIpc) is 2.90. The van der Waals surface area contributed by atoms with E-state index in [1.807, 2.05) is 6.92 Å². The first-order valence-corrected chi connectivity index (χ1v) is 7.92. The van der Waals surface area contributed by atoms with Gasteiger partial charge in [-0.2, -0.15) is 0 Å². The number of carbonyl (C=O) groups excluding carboxylic acids is 2. The second kappa shape index (κ2) is 5.02. The Morgan fingerprint density at radius 2 is 2.29 bits per heavy atom. The van der Waals surface area contributed by atoms with Crippen LogP contribution in [0.15, 0.2) is 18.2 Å². The lowest BCUT2D eigenvalue weighted by Crippen LogP contribution is -2.48. The second-order valence-corrected chi connectivity index (χ2v) is 7.24. The molecule has 1 N–H and O–H groups in total. The number of rotatable bonds is 2.